The number of benzene rings is 2. The van der Waals surface area contributed by atoms with Crippen LogP contribution in [0.5, 0.6) is 11.5 Å². The van der Waals surface area contributed by atoms with Gasteiger partial charge in [0.25, 0.3) is 0 Å². The van der Waals surface area contributed by atoms with Crippen molar-refractivity contribution in [3.05, 3.63) is 59.9 Å². The molecule has 166 valence electrons. The Morgan fingerprint density at radius 3 is 2.23 bits per heavy atom. The van der Waals surface area contributed by atoms with Crippen molar-refractivity contribution in [1.29, 1.82) is 0 Å². The van der Waals surface area contributed by atoms with Gasteiger partial charge in [-0.05, 0) is 48.5 Å². The maximum absolute atomic E-state index is 12.9. The summed E-state index contributed by atoms with van der Waals surface area (Å²) in [5.74, 6) is 0.647. The van der Waals surface area contributed by atoms with E-state index in [4.69, 9.17) is 23.7 Å². The summed E-state index contributed by atoms with van der Waals surface area (Å²) in [4.78, 5) is 13.8. The van der Waals surface area contributed by atoms with E-state index in [-0.39, 0.29) is 30.1 Å². The van der Waals surface area contributed by atoms with Gasteiger partial charge in [0, 0.05) is 19.6 Å². The third-order valence-electron chi connectivity index (χ3n) is 5.35. The first-order valence-corrected chi connectivity index (χ1v) is 10.3. The van der Waals surface area contributed by atoms with Crippen molar-refractivity contribution >= 4 is 5.97 Å². The quantitative estimate of drug-likeness (QED) is 0.624. The Bertz CT molecular complexity index is 843. The molecule has 0 aliphatic carbocycles. The molecule has 8 heteroatoms. The smallest absolute Gasteiger partial charge is 0.337 e. The molecule has 2 atom stereocenters. The predicted octanol–water partition coefficient (Wildman–Crippen LogP) is 2.54. The van der Waals surface area contributed by atoms with Crippen molar-refractivity contribution in [2.24, 2.45) is 0 Å². The molecule has 2 aliphatic heterocycles. The fourth-order valence-electron chi connectivity index (χ4n) is 3.70. The van der Waals surface area contributed by atoms with Crippen LogP contribution in [0.2, 0.25) is 0 Å². The van der Waals surface area contributed by atoms with Crippen molar-refractivity contribution in [3.8, 4) is 11.5 Å². The van der Waals surface area contributed by atoms with Crippen molar-refractivity contribution < 1.29 is 32.9 Å². The second-order valence-corrected chi connectivity index (χ2v) is 7.56. The topological polar surface area (TPSA) is 66.5 Å². The average Bonchev–Trinajstić information content (AvgIpc) is 3.09. The molecule has 2 fully saturated rings. The lowest BCUT2D eigenvalue weighted by Crippen LogP contribution is -2.31. The number of hydrogen-bond acceptors (Lipinski definition) is 7. The molecule has 2 saturated heterocycles. The lowest BCUT2D eigenvalue weighted by Gasteiger charge is -2.19. The molecular formula is C23H26FNO6. The average molecular weight is 431 g/mol. The number of esters is 1. The standard InChI is InChI=1S/C23H26FNO6/c1-27-23(26)16-2-6-19(7-3-16)31-20-14-29-21-12-25(13-22(21)30-15-20)10-11-28-18-8-4-17(24)5-9-18/h2-9,20-22H,10-15H2,1H3/t21-,22-/m0/s1. The molecule has 0 bridgehead atoms. The molecule has 2 heterocycles. The number of likely N-dealkylation sites (tertiary alicyclic amines) is 1. The van der Waals surface area contributed by atoms with E-state index in [1.807, 2.05) is 0 Å². The SMILES string of the molecule is COC(=O)c1ccc(OC2CO[C@H]3CN(CCOc4ccc(F)cc4)C[C@@H]3OC2)cc1. The Balaban J connectivity index is 1.20. The van der Waals surface area contributed by atoms with Crippen molar-refractivity contribution in [1.82, 2.24) is 4.90 Å². The minimum absolute atomic E-state index is 0.0129. The number of nitrogens with zero attached hydrogens (tertiary/aromatic N) is 1. The molecule has 2 aromatic carbocycles. The van der Waals surface area contributed by atoms with Crippen LogP contribution in [0.25, 0.3) is 0 Å². The molecule has 4 rings (SSSR count). The van der Waals surface area contributed by atoms with E-state index < -0.39 is 0 Å². The zero-order valence-electron chi connectivity index (χ0n) is 17.4. The molecule has 31 heavy (non-hydrogen) atoms. The van der Waals surface area contributed by atoms with E-state index >= 15 is 0 Å². The summed E-state index contributed by atoms with van der Waals surface area (Å²) in [6, 6.07) is 12.8. The molecule has 0 spiro atoms. The molecular weight excluding hydrogens is 405 g/mol. The van der Waals surface area contributed by atoms with Gasteiger partial charge >= 0.3 is 5.97 Å². The van der Waals surface area contributed by atoms with Gasteiger partial charge in [0.15, 0.2) is 0 Å². The summed E-state index contributed by atoms with van der Waals surface area (Å²) in [5.41, 5.74) is 0.473. The van der Waals surface area contributed by atoms with Crippen molar-refractivity contribution in [2.45, 2.75) is 18.3 Å². The summed E-state index contributed by atoms with van der Waals surface area (Å²) in [6.45, 7) is 3.64. The Morgan fingerprint density at radius 1 is 1.00 bits per heavy atom. The molecule has 2 aromatic rings. The number of methoxy groups -OCH3 is 1. The van der Waals surface area contributed by atoms with Gasteiger partial charge in [0.1, 0.15) is 30.0 Å². The summed E-state index contributed by atoms with van der Waals surface area (Å²) < 4.78 is 41.4. The van der Waals surface area contributed by atoms with Crippen LogP contribution in [-0.2, 0) is 14.2 Å². The number of halogens is 1. The number of hydrogen-bond donors (Lipinski definition) is 0. The van der Waals surface area contributed by atoms with E-state index in [2.05, 4.69) is 4.90 Å². The van der Waals surface area contributed by atoms with E-state index in [1.54, 1.807) is 36.4 Å². The second kappa shape index (κ2) is 10.1. The minimum Gasteiger partial charge on any atom is -0.492 e. The van der Waals surface area contributed by atoms with Crippen LogP contribution < -0.4 is 9.47 Å². The van der Waals surface area contributed by atoms with Gasteiger partial charge in [-0.2, -0.15) is 0 Å². The Morgan fingerprint density at radius 2 is 1.61 bits per heavy atom. The number of carbonyl (C=O) groups excluding carboxylic acids is 1. The predicted molar refractivity (Wildman–Crippen MR) is 110 cm³/mol. The molecule has 0 amide bonds. The molecule has 2 aliphatic rings. The van der Waals surface area contributed by atoms with Crippen LogP contribution >= 0.6 is 0 Å². The van der Waals surface area contributed by atoms with E-state index in [0.29, 0.717) is 36.9 Å². The highest BCUT2D eigenvalue weighted by Gasteiger charge is 2.37. The minimum atomic E-state index is -0.381. The molecule has 0 radical (unpaired) electrons. The van der Waals surface area contributed by atoms with Gasteiger partial charge in [-0.25, -0.2) is 9.18 Å². The first-order valence-electron chi connectivity index (χ1n) is 10.3. The summed E-state index contributed by atoms with van der Waals surface area (Å²) in [7, 11) is 1.35. The molecule has 0 unspecified atom stereocenters. The first-order chi connectivity index (χ1) is 15.1. The van der Waals surface area contributed by atoms with Gasteiger partial charge in [-0.15, -0.1) is 0 Å². The van der Waals surface area contributed by atoms with E-state index in [9.17, 15) is 9.18 Å². The largest absolute Gasteiger partial charge is 0.492 e. The maximum atomic E-state index is 12.9. The number of fused-ring (bicyclic) bond motifs is 1. The zero-order valence-corrected chi connectivity index (χ0v) is 17.4. The van der Waals surface area contributed by atoms with Gasteiger partial charge in [-0.1, -0.05) is 0 Å². The van der Waals surface area contributed by atoms with Gasteiger partial charge in [0.2, 0.25) is 0 Å². The zero-order chi connectivity index (χ0) is 21.6. The summed E-state index contributed by atoms with van der Waals surface area (Å²) in [5, 5.41) is 0. The van der Waals surface area contributed by atoms with E-state index in [1.165, 1.54) is 19.2 Å². The highest BCUT2D eigenvalue weighted by Crippen LogP contribution is 2.22. The summed E-state index contributed by atoms with van der Waals surface area (Å²) in [6.07, 6.45) is -0.243. The molecule has 7 nitrogen and oxygen atoms in total. The molecule has 0 aromatic heterocycles. The lowest BCUT2D eigenvalue weighted by molar-refractivity contribution is -0.00461. The van der Waals surface area contributed by atoms with Crippen LogP contribution in [0.15, 0.2) is 48.5 Å². The Hall–Kier alpha value is -2.68. The van der Waals surface area contributed by atoms with Crippen LogP contribution in [-0.4, -0.2) is 75.7 Å². The fraction of sp³-hybridized carbons (Fsp3) is 0.435. The normalized spacial score (nSPS) is 21.9. The van der Waals surface area contributed by atoms with Crippen molar-refractivity contribution in [2.75, 3.05) is 46.6 Å². The van der Waals surface area contributed by atoms with Gasteiger partial charge in [-0.3, -0.25) is 4.90 Å². The highest BCUT2D eigenvalue weighted by atomic mass is 19.1. The van der Waals surface area contributed by atoms with Crippen molar-refractivity contribution in [3.63, 3.8) is 0 Å². The monoisotopic (exact) mass is 431 g/mol. The van der Waals surface area contributed by atoms with Gasteiger partial charge < -0.3 is 23.7 Å². The Labute approximate surface area is 180 Å². The van der Waals surface area contributed by atoms with Crippen LogP contribution in [0.4, 0.5) is 4.39 Å². The molecule has 0 N–H and O–H groups in total. The van der Waals surface area contributed by atoms with Crippen LogP contribution in [0, 0.1) is 5.82 Å². The molecule has 0 saturated carbocycles. The summed E-state index contributed by atoms with van der Waals surface area (Å²) >= 11 is 0. The lowest BCUT2D eigenvalue weighted by atomic mass is 10.2. The van der Waals surface area contributed by atoms with Crippen LogP contribution in [0.1, 0.15) is 10.4 Å². The third kappa shape index (κ3) is 5.72. The number of ether oxygens (including phenoxy) is 5. The number of carbonyl (C=O) groups is 1. The van der Waals surface area contributed by atoms with E-state index in [0.717, 1.165) is 19.6 Å². The maximum Gasteiger partial charge on any atom is 0.337 e. The number of rotatable bonds is 7. The van der Waals surface area contributed by atoms with Gasteiger partial charge in [0.05, 0.1) is 38.1 Å². The second-order valence-electron chi connectivity index (χ2n) is 7.56. The first kappa shape index (κ1) is 21.5. The van der Waals surface area contributed by atoms with Crippen LogP contribution in [0.3, 0.4) is 0 Å². The fourth-order valence-corrected chi connectivity index (χ4v) is 3.70. The Kier molecular flexibility index (Phi) is 7.01. The third-order valence-corrected chi connectivity index (χ3v) is 5.35. The highest BCUT2D eigenvalue weighted by molar-refractivity contribution is 5.89.